The maximum atomic E-state index is 13.6. The largest absolute Gasteiger partial charge is 0.417 e. The van der Waals surface area contributed by atoms with Crippen LogP contribution < -0.4 is 4.90 Å². The van der Waals surface area contributed by atoms with E-state index < -0.39 is 72.7 Å². The number of hydrogen-bond acceptors (Lipinski definition) is 6. The Kier molecular flexibility index (Phi) is 5.44. The molecule has 2 amide bonds. The number of rotatable bonds is 3. The normalized spacial score (nSPS) is 35.0. The molecule has 3 heterocycles. The number of amides is 2. The Labute approximate surface area is 202 Å². The number of hydrogen-bond donors (Lipinski definition) is 1. The van der Waals surface area contributed by atoms with Crippen LogP contribution in [-0.2, 0) is 24.9 Å². The molecule has 0 radical (unpaired) electrons. The number of aliphatic hydroxyl groups excluding tert-OH is 1. The average molecular weight is 511 g/mol. The van der Waals surface area contributed by atoms with Gasteiger partial charge in [0.1, 0.15) is 23.4 Å². The summed E-state index contributed by atoms with van der Waals surface area (Å²) in [5, 5.41) is 20.1. The fourth-order valence-electron chi connectivity index (χ4n) is 5.45. The molecule has 0 spiro atoms. The first-order valence-corrected chi connectivity index (χ1v) is 14.3. The highest BCUT2D eigenvalue weighted by molar-refractivity contribution is 6.74. The summed E-state index contributed by atoms with van der Waals surface area (Å²) < 4.78 is 53.3. The lowest BCUT2D eigenvalue weighted by molar-refractivity contribution is -0.138. The quantitative estimate of drug-likeness (QED) is 0.488. The minimum atomic E-state index is -4.85. The SMILES string of the molecule is CC(C)(C)[Si](C)(C)O[C@H]1[C@@H](O)[C@@]2(C)O[C@]1(C)[C@@H]1C(=O)N(c3ccc(C#N)c(C(F)(F)F)c3)C(=O)[C@@H]12. The molecule has 3 fully saturated rings. The van der Waals surface area contributed by atoms with E-state index in [-0.39, 0.29) is 10.7 Å². The molecule has 6 atom stereocenters. The van der Waals surface area contributed by atoms with Crippen LogP contribution in [0.3, 0.4) is 0 Å². The highest BCUT2D eigenvalue weighted by Gasteiger charge is 2.80. The van der Waals surface area contributed by atoms with E-state index in [0.717, 1.165) is 17.0 Å². The molecule has 0 unspecified atom stereocenters. The van der Waals surface area contributed by atoms with Crippen molar-refractivity contribution >= 4 is 25.8 Å². The number of aliphatic hydroxyl groups is 1. The maximum Gasteiger partial charge on any atom is 0.417 e. The highest BCUT2D eigenvalue weighted by Crippen LogP contribution is 2.62. The van der Waals surface area contributed by atoms with Crippen molar-refractivity contribution in [1.29, 1.82) is 5.26 Å². The van der Waals surface area contributed by atoms with Gasteiger partial charge >= 0.3 is 6.18 Å². The molecule has 0 aromatic heterocycles. The van der Waals surface area contributed by atoms with E-state index in [1.807, 2.05) is 33.9 Å². The Balaban J connectivity index is 1.77. The Hall–Kier alpha value is -2.26. The molecule has 0 saturated carbocycles. The zero-order valence-corrected chi connectivity index (χ0v) is 21.6. The second-order valence-corrected chi connectivity index (χ2v) is 16.3. The third kappa shape index (κ3) is 3.41. The van der Waals surface area contributed by atoms with Crippen molar-refractivity contribution in [2.45, 2.75) is 82.3 Å². The molecule has 3 saturated heterocycles. The number of carbonyl (C=O) groups is 2. The summed E-state index contributed by atoms with van der Waals surface area (Å²) in [6.45, 7) is 13.3. The Morgan fingerprint density at radius 2 is 1.66 bits per heavy atom. The predicted molar refractivity (Wildman–Crippen MR) is 122 cm³/mol. The summed E-state index contributed by atoms with van der Waals surface area (Å²) in [5.41, 5.74) is -4.92. The van der Waals surface area contributed by atoms with Crippen LogP contribution in [0.15, 0.2) is 18.2 Å². The molecule has 190 valence electrons. The smallest absolute Gasteiger partial charge is 0.408 e. The monoisotopic (exact) mass is 510 g/mol. The maximum absolute atomic E-state index is 13.6. The molecule has 1 aromatic carbocycles. The van der Waals surface area contributed by atoms with Crippen LogP contribution in [0, 0.1) is 23.2 Å². The second kappa shape index (κ2) is 7.38. The van der Waals surface area contributed by atoms with E-state index in [9.17, 15) is 27.9 Å². The lowest BCUT2D eigenvalue weighted by Crippen LogP contribution is -2.61. The number of ether oxygens (including phenoxy) is 1. The van der Waals surface area contributed by atoms with E-state index >= 15 is 0 Å². The summed E-state index contributed by atoms with van der Waals surface area (Å²) in [5.74, 6) is -3.57. The molecule has 7 nitrogen and oxygen atoms in total. The zero-order chi connectivity index (χ0) is 26.5. The number of nitrogens with zero attached hydrogens (tertiary/aromatic N) is 2. The topological polar surface area (TPSA) is 99.9 Å². The minimum Gasteiger partial charge on any atom is -0.408 e. The molecule has 3 aliphatic heterocycles. The van der Waals surface area contributed by atoms with E-state index in [1.54, 1.807) is 13.8 Å². The average Bonchev–Trinajstić information content (AvgIpc) is 3.21. The third-order valence-corrected chi connectivity index (χ3v) is 12.8. The molecule has 1 N–H and O–H groups in total. The van der Waals surface area contributed by atoms with Crippen molar-refractivity contribution in [1.82, 2.24) is 0 Å². The molecular formula is C24H29F3N2O5Si. The van der Waals surface area contributed by atoms with Gasteiger partial charge in [-0.1, -0.05) is 20.8 Å². The first-order chi connectivity index (χ1) is 15.8. The van der Waals surface area contributed by atoms with Crippen LogP contribution in [-0.4, -0.2) is 48.6 Å². The van der Waals surface area contributed by atoms with Crippen molar-refractivity contribution in [3.63, 3.8) is 0 Å². The molecule has 4 rings (SSSR count). The summed E-state index contributed by atoms with van der Waals surface area (Å²) in [7, 11) is -2.44. The first-order valence-electron chi connectivity index (χ1n) is 11.4. The predicted octanol–water partition coefficient (Wildman–Crippen LogP) is 4.00. The molecule has 3 aliphatic rings. The van der Waals surface area contributed by atoms with E-state index in [4.69, 9.17) is 14.4 Å². The van der Waals surface area contributed by atoms with Crippen LogP contribution in [0.2, 0.25) is 18.1 Å². The number of imide groups is 1. The Morgan fingerprint density at radius 1 is 1.11 bits per heavy atom. The standard InChI is InChI=1S/C24H29F3N2O5Si/c1-21(2,3)35(6,7)33-18-17(30)22(4)15-16(23(18,5)34-22)20(32)29(19(15)31)13-9-8-12(11-28)14(10-13)24(25,26)27/h8-10,15-18,30H,1-7H3/t15-,16+,17-,18+,22+,23-/m1/s1. The van der Waals surface area contributed by atoms with Gasteiger partial charge in [-0.3, -0.25) is 9.59 Å². The van der Waals surface area contributed by atoms with E-state index in [1.165, 1.54) is 6.07 Å². The fraction of sp³-hybridized carbons (Fsp3) is 0.625. The van der Waals surface area contributed by atoms with Gasteiger partial charge in [-0.15, -0.1) is 0 Å². The third-order valence-electron chi connectivity index (χ3n) is 8.34. The lowest BCUT2D eigenvalue weighted by Gasteiger charge is -2.45. The van der Waals surface area contributed by atoms with Gasteiger partial charge < -0.3 is 14.3 Å². The zero-order valence-electron chi connectivity index (χ0n) is 20.6. The second-order valence-electron chi connectivity index (χ2n) is 11.5. The van der Waals surface area contributed by atoms with Crippen molar-refractivity contribution in [3.05, 3.63) is 29.3 Å². The summed E-state index contributed by atoms with van der Waals surface area (Å²) in [6, 6.07) is 4.23. The Morgan fingerprint density at radius 3 is 2.14 bits per heavy atom. The van der Waals surface area contributed by atoms with Gasteiger partial charge in [-0.25, -0.2) is 4.90 Å². The van der Waals surface area contributed by atoms with Crippen LogP contribution in [0.25, 0.3) is 0 Å². The van der Waals surface area contributed by atoms with E-state index in [2.05, 4.69) is 0 Å². The molecular weight excluding hydrogens is 481 g/mol. The van der Waals surface area contributed by atoms with Gasteiger partial charge in [0.25, 0.3) is 0 Å². The number of halogens is 3. The van der Waals surface area contributed by atoms with Crippen LogP contribution in [0.5, 0.6) is 0 Å². The Bertz CT molecular complexity index is 1160. The number of fused-ring (bicyclic) bond motifs is 5. The molecule has 35 heavy (non-hydrogen) atoms. The number of anilines is 1. The first kappa shape index (κ1) is 25.8. The van der Waals surface area contributed by atoms with E-state index in [0.29, 0.717) is 6.07 Å². The van der Waals surface area contributed by atoms with Crippen LogP contribution in [0.1, 0.15) is 45.7 Å². The van der Waals surface area contributed by atoms with Gasteiger partial charge in [-0.2, -0.15) is 18.4 Å². The van der Waals surface area contributed by atoms with Gasteiger partial charge in [0, 0.05) is 0 Å². The summed E-state index contributed by atoms with van der Waals surface area (Å²) in [4.78, 5) is 27.8. The van der Waals surface area contributed by atoms with Gasteiger partial charge in [0.2, 0.25) is 11.8 Å². The van der Waals surface area contributed by atoms with Crippen LogP contribution >= 0.6 is 0 Å². The summed E-state index contributed by atoms with van der Waals surface area (Å²) in [6.07, 6.45) is -6.95. The van der Waals surface area contributed by atoms with Crippen molar-refractivity contribution < 1.29 is 37.0 Å². The number of carbonyl (C=O) groups excluding carboxylic acids is 2. The number of alkyl halides is 3. The van der Waals surface area contributed by atoms with Gasteiger partial charge in [0.05, 0.1) is 34.7 Å². The van der Waals surface area contributed by atoms with Crippen molar-refractivity contribution in [2.24, 2.45) is 11.8 Å². The lowest BCUT2D eigenvalue weighted by atomic mass is 9.66. The van der Waals surface area contributed by atoms with Gasteiger partial charge in [0.15, 0.2) is 8.32 Å². The van der Waals surface area contributed by atoms with Crippen LogP contribution in [0.4, 0.5) is 18.9 Å². The molecule has 0 aliphatic carbocycles. The van der Waals surface area contributed by atoms with Gasteiger partial charge in [-0.05, 0) is 50.2 Å². The molecule has 2 bridgehead atoms. The number of benzene rings is 1. The molecule has 11 heteroatoms. The number of nitriles is 1. The van der Waals surface area contributed by atoms with Crippen molar-refractivity contribution in [3.8, 4) is 6.07 Å². The van der Waals surface area contributed by atoms with Crippen molar-refractivity contribution in [2.75, 3.05) is 4.90 Å². The molecule has 1 aromatic rings. The summed E-state index contributed by atoms with van der Waals surface area (Å²) >= 11 is 0. The fourth-order valence-corrected chi connectivity index (χ4v) is 6.80. The highest BCUT2D eigenvalue weighted by atomic mass is 28.4. The minimum absolute atomic E-state index is 0.205.